The van der Waals surface area contributed by atoms with Crippen LogP contribution in [0.25, 0.3) is 11.4 Å². The Kier molecular flexibility index (Phi) is 6.79. The third-order valence-electron chi connectivity index (χ3n) is 5.63. The number of nitrogens with one attached hydrogen (secondary N) is 1. The van der Waals surface area contributed by atoms with Gasteiger partial charge in [0.25, 0.3) is 0 Å². The van der Waals surface area contributed by atoms with E-state index in [4.69, 9.17) is 0 Å². The van der Waals surface area contributed by atoms with Crippen LogP contribution in [-0.4, -0.2) is 37.5 Å². The average molecular weight is 422 g/mol. The van der Waals surface area contributed by atoms with Gasteiger partial charge < -0.3 is 5.32 Å². The standard InChI is InChI=1S/C23H27N5OS/c1-17-7-5-6-10-20(17)25-21(29)16-30-23-27-26-22(19-11-13-24-14-12-19)28(23)15-18-8-3-2-4-9-18/h2-4,8-9,11-14,17,20H,5-7,10,15-16H2,1H3,(H,25,29)/t17-,20-/m1/s1. The van der Waals surface area contributed by atoms with E-state index in [0.717, 1.165) is 28.5 Å². The van der Waals surface area contributed by atoms with Crippen LogP contribution in [0.5, 0.6) is 0 Å². The van der Waals surface area contributed by atoms with E-state index in [1.54, 1.807) is 12.4 Å². The van der Waals surface area contributed by atoms with Crippen LogP contribution in [0.15, 0.2) is 60.0 Å². The van der Waals surface area contributed by atoms with Gasteiger partial charge in [0.15, 0.2) is 11.0 Å². The number of thioether (sulfide) groups is 1. The van der Waals surface area contributed by atoms with Gasteiger partial charge in [-0.2, -0.15) is 0 Å². The molecule has 6 nitrogen and oxygen atoms in total. The van der Waals surface area contributed by atoms with Crippen LogP contribution in [0.2, 0.25) is 0 Å². The Labute approximate surface area is 181 Å². The van der Waals surface area contributed by atoms with E-state index in [0.29, 0.717) is 24.3 Å². The molecule has 0 spiro atoms. The molecule has 0 radical (unpaired) electrons. The first-order valence-electron chi connectivity index (χ1n) is 10.5. The van der Waals surface area contributed by atoms with Crippen LogP contribution in [0, 0.1) is 5.92 Å². The summed E-state index contributed by atoms with van der Waals surface area (Å²) in [6.07, 6.45) is 8.24. The van der Waals surface area contributed by atoms with Gasteiger partial charge in [0, 0.05) is 24.0 Å². The quantitative estimate of drug-likeness (QED) is 0.580. The lowest BCUT2D eigenvalue weighted by atomic mass is 9.86. The molecule has 0 unspecified atom stereocenters. The topological polar surface area (TPSA) is 72.7 Å². The molecule has 0 bridgehead atoms. The van der Waals surface area contributed by atoms with Crippen molar-refractivity contribution in [3.05, 3.63) is 60.4 Å². The van der Waals surface area contributed by atoms with Crippen molar-refractivity contribution in [3.8, 4) is 11.4 Å². The van der Waals surface area contributed by atoms with Gasteiger partial charge in [-0.15, -0.1) is 10.2 Å². The molecule has 30 heavy (non-hydrogen) atoms. The number of benzene rings is 1. The second kappa shape index (κ2) is 9.89. The Morgan fingerprint density at radius 2 is 1.87 bits per heavy atom. The minimum absolute atomic E-state index is 0.0680. The molecule has 1 fully saturated rings. The van der Waals surface area contributed by atoms with Crippen LogP contribution >= 0.6 is 11.8 Å². The van der Waals surface area contributed by atoms with E-state index in [-0.39, 0.29) is 5.91 Å². The molecule has 1 aliphatic carbocycles. The molecule has 156 valence electrons. The predicted octanol–water partition coefficient (Wildman–Crippen LogP) is 4.18. The Morgan fingerprint density at radius 3 is 2.63 bits per heavy atom. The van der Waals surface area contributed by atoms with Crippen molar-refractivity contribution in [2.75, 3.05) is 5.75 Å². The summed E-state index contributed by atoms with van der Waals surface area (Å²) in [5, 5.41) is 12.8. The zero-order valence-corrected chi connectivity index (χ0v) is 18.0. The summed E-state index contributed by atoms with van der Waals surface area (Å²) in [5.41, 5.74) is 2.12. The van der Waals surface area contributed by atoms with Crippen LogP contribution in [-0.2, 0) is 11.3 Å². The maximum atomic E-state index is 12.6. The Hall–Kier alpha value is -2.67. The van der Waals surface area contributed by atoms with Crippen LogP contribution in [0.4, 0.5) is 0 Å². The van der Waals surface area contributed by atoms with Crippen molar-refractivity contribution in [1.82, 2.24) is 25.1 Å². The number of aromatic nitrogens is 4. The minimum atomic E-state index is 0.0680. The highest BCUT2D eigenvalue weighted by Crippen LogP contribution is 2.26. The molecule has 4 rings (SSSR count). The molecule has 0 aliphatic heterocycles. The summed E-state index contributed by atoms with van der Waals surface area (Å²) in [6.45, 7) is 2.88. The molecular weight excluding hydrogens is 394 g/mol. The number of carbonyl (C=O) groups is 1. The lowest BCUT2D eigenvalue weighted by Gasteiger charge is -2.29. The van der Waals surface area contributed by atoms with Gasteiger partial charge in [-0.3, -0.25) is 14.3 Å². The number of amides is 1. The number of rotatable bonds is 7. The fourth-order valence-corrected chi connectivity index (χ4v) is 4.68. The van der Waals surface area contributed by atoms with Gasteiger partial charge in [-0.05, 0) is 36.5 Å². The zero-order valence-electron chi connectivity index (χ0n) is 17.2. The smallest absolute Gasteiger partial charge is 0.230 e. The van der Waals surface area contributed by atoms with E-state index in [1.165, 1.54) is 31.0 Å². The van der Waals surface area contributed by atoms with Crippen LogP contribution < -0.4 is 5.32 Å². The van der Waals surface area contributed by atoms with Gasteiger partial charge in [0.1, 0.15) is 0 Å². The number of nitrogens with zero attached hydrogens (tertiary/aromatic N) is 4. The van der Waals surface area contributed by atoms with Crippen LogP contribution in [0.3, 0.4) is 0 Å². The maximum absolute atomic E-state index is 12.6. The normalized spacial score (nSPS) is 18.8. The van der Waals surface area contributed by atoms with Gasteiger partial charge in [-0.25, -0.2) is 0 Å². The molecule has 1 aromatic carbocycles. The molecule has 2 heterocycles. The molecule has 1 amide bonds. The van der Waals surface area contributed by atoms with Gasteiger partial charge in [0.05, 0.1) is 12.3 Å². The highest BCUT2D eigenvalue weighted by Gasteiger charge is 2.23. The highest BCUT2D eigenvalue weighted by molar-refractivity contribution is 7.99. The van der Waals surface area contributed by atoms with Crippen molar-refractivity contribution in [2.45, 2.75) is 50.4 Å². The predicted molar refractivity (Wildman–Crippen MR) is 119 cm³/mol. The monoisotopic (exact) mass is 421 g/mol. The van der Waals surface area contributed by atoms with Gasteiger partial charge in [-0.1, -0.05) is 61.9 Å². The first-order chi connectivity index (χ1) is 14.7. The first-order valence-corrected chi connectivity index (χ1v) is 11.5. The molecule has 1 aliphatic rings. The fourth-order valence-electron chi connectivity index (χ4n) is 3.93. The summed E-state index contributed by atoms with van der Waals surface area (Å²) in [7, 11) is 0. The summed E-state index contributed by atoms with van der Waals surface area (Å²) in [6, 6.07) is 14.4. The fraction of sp³-hybridized carbons (Fsp3) is 0.391. The van der Waals surface area contributed by atoms with E-state index < -0.39 is 0 Å². The molecule has 0 saturated heterocycles. The van der Waals surface area contributed by atoms with Crippen molar-refractivity contribution >= 4 is 17.7 Å². The molecule has 7 heteroatoms. The number of pyridine rings is 1. The Balaban J connectivity index is 1.49. The lowest BCUT2D eigenvalue weighted by molar-refractivity contribution is -0.119. The molecular formula is C23H27N5OS. The van der Waals surface area contributed by atoms with E-state index in [2.05, 4.69) is 44.1 Å². The zero-order chi connectivity index (χ0) is 20.8. The Morgan fingerprint density at radius 1 is 1.10 bits per heavy atom. The second-order valence-electron chi connectivity index (χ2n) is 7.84. The first kappa shape index (κ1) is 20.6. The number of hydrogen-bond acceptors (Lipinski definition) is 5. The van der Waals surface area contributed by atoms with E-state index in [1.807, 2.05) is 30.3 Å². The van der Waals surface area contributed by atoms with E-state index >= 15 is 0 Å². The summed E-state index contributed by atoms with van der Waals surface area (Å²) >= 11 is 1.44. The molecule has 2 atom stereocenters. The highest BCUT2D eigenvalue weighted by atomic mass is 32.2. The average Bonchev–Trinajstić information content (AvgIpc) is 3.17. The van der Waals surface area contributed by atoms with Gasteiger partial charge in [0.2, 0.25) is 5.91 Å². The lowest BCUT2D eigenvalue weighted by Crippen LogP contribution is -2.41. The second-order valence-corrected chi connectivity index (χ2v) is 8.78. The summed E-state index contributed by atoms with van der Waals surface area (Å²) in [5.74, 6) is 1.74. The molecule has 1 saturated carbocycles. The molecule has 2 aromatic heterocycles. The van der Waals surface area contributed by atoms with Crippen LogP contribution in [0.1, 0.15) is 38.2 Å². The summed E-state index contributed by atoms with van der Waals surface area (Å²) in [4.78, 5) is 16.7. The third-order valence-corrected chi connectivity index (χ3v) is 6.60. The largest absolute Gasteiger partial charge is 0.352 e. The van der Waals surface area contributed by atoms with Crippen molar-refractivity contribution in [1.29, 1.82) is 0 Å². The van der Waals surface area contributed by atoms with E-state index in [9.17, 15) is 4.79 Å². The maximum Gasteiger partial charge on any atom is 0.230 e. The molecule has 1 N–H and O–H groups in total. The third kappa shape index (κ3) is 5.08. The van der Waals surface area contributed by atoms with Crippen molar-refractivity contribution < 1.29 is 4.79 Å². The molecule has 3 aromatic rings. The minimum Gasteiger partial charge on any atom is -0.352 e. The van der Waals surface area contributed by atoms with Crippen molar-refractivity contribution in [3.63, 3.8) is 0 Å². The van der Waals surface area contributed by atoms with Gasteiger partial charge >= 0.3 is 0 Å². The number of carbonyl (C=O) groups excluding carboxylic acids is 1. The SMILES string of the molecule is C[C@@H]1CCCC[C@H]1NC(=O)CSc1nnc(-c2ccncc2)n1Cc1ccccc1. The number of hydrogen-bond donors (Lipinski definition) is 1. The summed E-state index contributed by atoms with van der Waals surface area (Å²) < 4.78 is 2.08. The van der Waals surface area contributed by atoms with Crippen molar-refractivity contribution in [2.24, 2.45) is 5.92 Å². The Bertz CT molecular complexity index is 960.